The van der Waals surface area contributed by atoms with Crippen LogP contribution in [0.5, 0.6) is 0 Å². The Labute approximate surface area is 48.5 Å². The molecule has 0 radical (unpaired) electrons. The molecule has 2 nitrogen and oxygen atoms in total. The smallest absolute Gasteiger partial charge is 0.0537 e. The van der Waals surface area contributed by atoms with Crippen molar-refractivity contribution in [2.75, 3.05) is 0 Å². The van der Waals surface area contributed by atoms with Crippen LogP contribution in [0.3, 0.4) is 0 Å². The van der Waals surface area contributed by atoms with Crippen LogP contribution in [0.1, 0.15) is 6.42 Å². The monoisotopic (exact) mass is 111 g/mol. The lowest BCUT2D eigenvalue weighted by Crippen LogP contribution is -2.23. The molecule has 0 saturated carbocycles. The van der Waals surface area contributed by atoms with Gasteiger partial charge in [-0.25, -0.2) is 0 Å². The van der Waals surface area contributed by atoms with Crippen LogP contribution in [0.15, 0.2) is 24.3 Å². The molecule has 0 fully saturated rings. The summed E-state index contributed by atoms with van der Waals surface area (Å²) < 4.78 is 0. The Morgan fingerprint density at radius 3 is 2.75 bits per heavy atom. The van der Waals surface area contributed by atoms with Crippen LogP contribution in [-0.4, -0.2) is 11.2 Å². The molecule has 44 valence electrons. The second-order valence-electron chi connectivity index (χ2n) is 1.78. The summed E-state index contributed by atoms with van der Waals surface area (Å²) >= 11 is 0. The molecule has 1 unspecified atom stereocenters. The Bertz CT molecular complexity index is 118. The average molecular weight is 111 g/mol. The van der Waals surface area contributed by atoms with E-state index >= 15 is 0 Å². The van der Waals surface area contributed by atoms with E-state index in [1.54, 1.807) is 0 Å². The lowest BCUT2D eigenvalue weighted by atomic mass is 10.1. The topological polar surface area (TPSA) is 32.3 Å². The molecule has 0 spiro atoms. The minimum atomic E-state index is 0.125. The number of rotatable bonds is 1. The summed E-state index contributed by atoms with van der Waals surface area (Å²) in [5.41, 5.74) is 2.17. The summed E-state index contributed by atoms with van der Waals surface area (Å²) in [6, 6.07) is 0.125. The molecule has 1 aliphatic rings. The van der Waals surface area contributed by atoms with E-state index in [1.807, 2.05) is 24.3 Å². The maximum Gasteiger partial charge on any atom is 0.0537 e. The highest BCUT2D eigenvalue weighted by Gasteiger charge is 1.99. The third-order valence-corrected chi connectivity index (χ3v) is 1.15. The van der Waals surface area contributed by atoms with Crippen molar-refractivity contribution in [3.8, 4) is 0 Å². The van der Waals surface area contributed by atoms with E-state index in [2.05, 4.69) is 5.48 Å². The van der Waals surface area contributed by atoms with E-state index in [0.717, 1.165) is 6.42 Å². The molecule has 1 aliphatic carbocycles. The van der Waals surface area contributed by atoms with Gasteiger partial charge in [0.25, 0.3) is 0 Å². The second kappa shape index (κ2) is 2.64. The van der Waals surface area contributed by atoms with Gasteiger partial charge in [0.05, 0.1) is 6.04 Å². The maximum absolute atomic E-state index is 8.36. The molecule has 1 rings (SSSR count). The second-order valence-corrected chi connectivity index (χ2v) is 1.78. The largest absolute Gasteiger partial charge is 0.316 e. The van der Waals surface area contributed by atoms with Gasteiger partial charge in [-0.2, -0.15) is 5.48 Å². The molecule has 8 heavy (non-hydrogen) atoms. The standard InChI is InChI=1S/C6H9NO/c8-7-6-4-2-1-3-5-6/h1-4,6-8H,5H2. The van der Waals surface area contributed by atoms with Gasteiger partial charge in [-0.3, -0.25) is 0 Å². The van der Waals surface area contributed by atoms with E-state index < -0.39 is 0 Å². The molecular formula is C6H9NO. The Morgan fingerprint density at radius 2 is 2.38 bits per heavy atom. The third kappa shape index (κ3) is 1.18. The molecule has 0 heterocycles. The molecule has 0 aromatic carbocycles. The molecule has 2 heteroatoms. The first-order valence-corrected chi connectivity index (χ1v) is 2.66. The normalized spacial score (nSPS) is 26.4. The molecule has 0 aromatic rings. The van der Waals surface area contributed by atoms with Crippen LogP contribution in [0.4, 0.5) is 0 Å². The fourth-order valence-corrected chi connectivity index (χ4v) is 0.676. The van der Waals surface area contributed by atoms with Crippen LogP contribution in [0.25, 0.3) is 0 Å². The van der Waals surface area contributed by atoms with Crippen LogP contribution in [-0.2, 0) is 0 Å². The van der Waals surface area contributed by atoms with E-state index in [4.69, 9.17) is 5.21 Å². The van der Waals surface area contributed by atoms with Crippen LogP contribution < -0.4 is 5.48 Å². The van der Waals surface area contributed by atoms with Gasteiger partial charge in [-0.1, -0.05) is 24.3 Å². The minimum absolute atomic E-state index is 0.125. The van der Waals surface area contributed by atoms with Gasteiger partial charge in [-0.05, 0) is 6.42 Å². The van der Waals surface area contributed by atoms with Crippen LogP contribution >= 0.6 is 0 Å². The van der Waals surface area contributed by atoms with Crippen molar-refractivity contribution >= 4 is 0 Å². The fourth-order valence-electron chi connectivity index (χ4n) is 0.676. The van der Waals surface area contributed by atoms with Gasteiger partial charge in [0.1, 0.15) is 0 Å². The van der Waals surface area contributed by atoms with Gasteiger partial charge in [-0.15, -0.1) is 0 Å². The highest BCUT2D eigenvalue weighted by molar-refractivity contribution is 5.12. The number of nitrogens with one attached hydrogen (secondary N) is 1. The Morgan fingerprint density at radius 1 is 1.50 bits per heavy atom. The Kier molecular flexibility index (Phi) is 1.83. The summed E-state index contributed by atoms with van der Waals surface area (Å²) in [5, 5.41) is 8.36. The Hall–Kier alpha value is -0.600. The first kappa shape index (κ1) is 5.54. The van der Waals surface area contributed by atoms with Crippen LogP contribution in [0, 0.1) is 0 Å². The van der Waals surface area contributed by atoms with Crippen molar-refractivity contribution in [1.29, 1.82) is 0 Å². The summed E-state index contributed by atoms with van der Waals surface area (Å²) in [6.45, 7) is 0. The molecule has 0 amide bonds. The molecule has 0 aromatic heterocycles. The zero-order valence-electron chi connectivity index (χ0n) is 4.54. The first-order chi connectivity index (χ1) is 3.93. The number of hydrogen-bond donors (Lipinski definition) is 2. The predicted molar refractivity (Wildman–Crippen MR) is 31.6 cm³/mol. The van der Waals surface area contributed by atoms with Gasteiger partial charge in [0.15, 0.2) is 0 Å². The zero-order valence-corrected chi connectivity index (χ0v) is 4.54. The molecule has 0 bridgehead atoms. The van der Waals surface area contributed by atoms with Crippen molar-refractivity contribution in [2.24, 2.45) is 0 Å². The van der Waals surface area contributed by atoms with Gasteiger partial charge in [0, 0.05) is 0 Å². The van der Waals surface area contributed by atoms with Crippen molar-refractivity contribution in [3.63, 3.8) is 0 Å². The van der Waals surface area contributed by atoms with Crippen molar-refractivity contribution in [1.82, 2.24) is 5.48 Å². The minimum Gasteiger partial charge on any atom is -0.316 e. The molecule has 1 atom stereocenters. The van der Waals surface area contributed by atoms with Gasteiger partial charge < -0.3 is 5.21 Å². The lowest BCUT2D eigenvalue weighted by Gasteiger charge is -2.08. The highest BCUT2D eigenvalue weighted by Crippen LogP contribution is 2.00. The number of allylic oxidation sites excluding steroid dienone is 2. The number of hydroxylamine groups is 1. The predicted octanol–water partition coefficient (Wildman–Crippen LogP) is 0.850. The van der Waals surface area contributed by atoms with Gasteiger partial charge >= 0.3 is 0 Å². The summed E-state index contributed by atoms with van der Waals surface area (Å²) in [4.78, 5) is 0. The third-order valence-electron chi connectivity index (χ3n) is 1.15. The quantitative estimate of drug-likeness (QED) is 0.492. The van der Waals surface area contributed by atoms with Crippen molar-refractivity contribution < 1.29 is 5.21 Å². The fraction of sp³-hybridized carbons (Fsp3) is 0.333. The van der Waals surface area contributed by atoms with Crippen molar-refractivity contribution in [3.05, 3.63) is 24.3 Å². The average Bonchev–Trinajstić information content (AvgIpc) is 1.90. The SMILES string of the molecule is ONC1C=CC=CC1. The summed E-state index contributed by atoms with van der Waals surface area (Å²) in [6.07, 6.45) is 8.69. The molecule has 2 N–H and O–H groups in total. The van der Waals surface area contributed by atoms with Gasteiger partial charge in [0.2, 0.25) is 0 Å². The highest BCUT2D eigenvalue weighted by atomic mass is 16.5. The Balaban J connectivity index is 2.40. The molecule has 0 saturated heterocycles. The first-order valence-electron chi connectivity index (χ1n) is 2.66. The van der Waals surface area contributed by atoms with E-state index in [0.29, 0.717) is 0 Å². The zero-order chi connectivity index (χ0) is 5.82. The number of hydrogen-bond acceptors (Lipinski definition) is 2. The van der Waals surface area contributed by atoms with E-state index in [9.17, 15) is 0 Å². The summed E-state index contributed by atoms with van der Waals surface area (Å²) in [5.74, 6) is 0. The van der Waals surface area contributed by atoms with Crippen molar-refractivity contribution in [2.45, 2.75) is 12.5 Å². The van der Waals surface area contributed by atoms with E-state index in [-0.39, 0.29) is 6.04 Å². The van der Waals surface area contributed by atoms with Crippen LogP contribution in [0.2, 0.25) is 0 Å². The molecule has 0 aliphatic heterocycles. The lowest BCUT2D eigenvalue weighted by molar-refractivity contribution is 0.144. The van der Waals surface area contributed by atoms with E-state index in [1.165, 1.54) is 0 Å². The molecular weight excluding hydrogens is 102 g/mol. The summed E-state index contributed by atoms with van der Waals surface area (Å²) in [7, 11) is 0. The maximum atomic E-state index is 8.36.